The van der Waals surface area contributed by atoms with Crippen molar-refractivity contribution >= 4 is 17.4 Å². The molecule has 0 unspecified atom stereocenters. The molecule has 20 heavy (non-hydrogen) atoms. The Morgan fingerprint density at radius 3 is 2.60 bits per heavy atom. The fourth-order valence-corrected chi connectivity index (χ4v) is 1.59. The Bertz CT molecular complexity index is 569. The molecule has 0 radical (unpaired) electrons. The minimum Gasteiger partial charge on any atom is -0.510 e. The highest BCUT2D eigenvalue weighted by Crippen LogP contribution is 2.16. The van der Waals surface area contributed by atoms with Crippen LogP contribution in [-0.2, 0) is 9.53 Å². The van der Waals surface area contributed by atoms with Gasteiger partial charge in [0.25, 0.3) is 0 Å². The van der Waals surface area contributed by atoms with E-state index in [2.05, 4.69) is 4.99 Å². The largest absolute Gasteiger partial charge is 0.510 e. The van der Waals surface area contributed by atoms with Gasteiger partial charge in [-0.1, -0.05) is 18.2 Å². The molecule has 0 aromatic heterocycles. The number of nitrogens with zero attached hydrogens (tertiary/aromatic N) is 2. The van der Waals surface area contributed by atoms with E-state index in [1.807, 2.05) is 18.2 Å². The standard InChI is InChI=1S/C15H16N2O3/c1-3-20-15(19)14(13(18)9-10-16)11(2)17-12-7-5-4-6-8-12/h4-8,18H,3,9H2,1-2H3/b14-13-,17-11?. The van der Waals surface area contributed by atoms with Gasteiger partial charge < -0.3 is 9.84 Å². The zero-order valence-electron chi connectivity index (χ0n) is 11.5. The first-order valence-electron chi connectivity index (χ1n) is 6.17. The second kappa shape index (κ2) is 7.74. The molecule has 0 amide bonds. The van der Waals surface area contributed by atoms with E-state index < -0.39 is 5.97 Å². The van der Waals surface area contributed by atoms with E-state index in [-0.39, 0.29) is 24.4 Å². The number of carbonyl (C=O) groups excluding carboxylic acids is 1. The van der Waals surface area contributed by atoms with Crippen LogP contribution >= 0.6 is 0 Å². The molecule has 0 saturated carbocycles. The number of rotatable bonds is 5. The Hall–Kier alpha value is -2.61. The molecule has 0 spiro atoms. The third-order valence-electron chi connectivity index (χ3n) is 2.43. The van der Waals surface area contributed by atoms with Crippen molar-refractivity contribution in [3.63, 3.8) is 0 Å². The van der Waals surface area contributed by atoms with Crippen molar-refractivity contribution in [2.45, 2.75) is 20.3 Å². The number of benzene rings is 1. The summed E-state index contributed by atoms with van der Waals surface area (Å²) >= 11 is 0. The first kappa shape index (κ1) is 15.4. The van der Waals surface area contributed by atoms with Gasteiger partial charge in [0.1, 0.15) is 11.3 Å². The van der Waals surface area contributed by atoms with Crippen LogP contribution < -0.4 is 0 Å². The molecule has 1 N–H and O–H groups in total. The van der Waals surface area contributed by atoms with Crippen LogP contribution in [0.1, 0.15) is 20.3 Å². The Kier molecular flexibility index (Phi) is 5.98. The van der Waals surface area contributed by atoms with Gasteiger partial charge >= 0.3 is 5.97 Å². The number of hydrogen-bond acceptors (Lipinski definition) is 5. The lowest BCUT2D eigenvalue weighted by Gasteiger charge is -2.08. The van der Waals surface area contributed by atoms with Crippen LogP contribution in [0.15, 0.2) is 46.7 Å². The molecule has 5 nitrogen and oxygen atoms in total. The lowest BCUT2D eigenvalue weighted by Crippen LogP contribution is -2.16. The first-order valence-corrected chi connectivity index (χ1v) is 6.17. The molecule has 0 fully saturated rings. The molecule has 0 saturated heterocycles. The maximum atomic E-state index is 11.9. The van der Waals surface area contributed by atoms with Gasteiger partial charge in [-0.2, -0.15) is 5.26 Å². The first-order chi connectivity index (χ1) is 9.60. The van der Waals surface area contributed by atoms with Crippen molar-refractivity contribution < 1.29 is 14.6 Å². The number of aliphatic imine (C=N–C) groups is 1. The van der Waals surface area contributed by atoms with Crippen LogP contribution in [0.25, 0.3) is 0 Å². The monoisotopic (exact) mass is 272 g/mol. The Morgan fingerprint density at radius 1 is 1.40 bits per heavy atom. The predicted octanol–water partition coefficient (Wildman–Crippen LogP) is 3.07. The summed E-state index contributed by atoms with van der Waals surface area (Å²) < 4.78 is 4.88. The van der Waals surface area contributed by atoms with Gasteiger partial charge in [-0.3, -0.25) is 4.99 Å². The molecule has 0 aliphatic heterocycles. The van der Waals surface area contributed by atoms with Crippen molar-refractivity contribution in [2.75, 3.05) is 6.61 Å². The van der Waals surface area contributed by atoms with Crippen LogP contribution in [0.3, 0.4) is 0 Å². The summed E-state index contributed by atoms with van der Waals surface area (Å²) in [6, 6.07) is 10.8. The summed E-state index contributed by atoms with van der Waals surface area (Å²) in [5, 5.41) is 18.5. The molecule has 0 bridgehead atoms. The second-order valence-corrected chi connectivity index (χ2v) is 3.91. The molecule has 1 aromatic carbocycles. The molecule has 104 valence electrons. The zero-order valence-corrected chi connectivity index (χ0v) is 11.5. The molecule has 1 rings (SSSR count). The summed E-state index contributed by atoms with van der Waals surface area (Å²) in [7, 11) is 0. The lowest BCUT2D eigenvalue weighted by molar-refractivity contribution is -0.138. The topological polar surface area (TPSA) is 82.7 Å². The minimum absolute atomic E-state index is 0.0581. The lowest BCUT2D eigenvalue weighted by atomic mass is 10.1. The summed E-state index contributed by atoms with van der Waals surface area (Å²) in [6.07, 6.45) is -0.268. The summed E-state index contributed by atoms with van der Waals surface area (Å²) in [5.41, 5.74) is 0.899. The quantitative estimate of drug-likeness (QED) is 0.386. The maximum Gasteiger partial charge on any atom is 0.343 e. The van der Waals surface area contributed by atoms with Crippen molar-refractivity contribution in [2.24, 2.45) is 4.99 Å². The fraction of sp³-hybridized carbons (Fsp3) is 0.267. The highest BCUT2D eigenvalue weighted by molar-refractivity contribution is 6.19. The van der Waals surface area contributed by atoms with Gasteiger partial charge in [0, 0.05) is 0 Å². The van der Waals surface area contributed by atoms with Crippen molar-refractivity contribution in [3.8, 4) is 6.07 Å². The van der Waals surface area contributed by atoms with Crippen LogP contribution in [0, 0.1) is 11.3 Å². The summed E-state index contributed by atoms with van der Waals surface area (Å²) in [5.74, 6) is -1.01. The van der Waals surface area contributed by atoms with E-state index in [1.165, 1.54) is 0 Å². The van der Waals surface area contributed by atoms with Crippen molar-refractivity contribution in [1.29, 1.82) is 5.26 Å². The molecule has 5 heteroatoms. The van der Waals surface area contributed by atoms with E-state index in [0.29, 0.717) is 11.4 Å². The smallest absolute Gasteiger partial charge is 0.343 e. The normalized spacial score (nSPS) is 12.3. The van der Waals surface area contributed by atoms with Crippen LogP contribution in [0.5, 0.6) is 0 Å². The van der Waals surface area contributed by atoms with Gasteiger partial charge in [-0.25, -0.2) is 4.79 Å². The maximum absolute atomic E-state index is 11.9. The summed E-state index contributed by atoms with van der Waals surface area (Å²) in [6.45, 7) is 3.44. The number of nitriles is 1. The van der Waals surface area contributed by atoms with E-state index in [9.17, 15) is 9.90 Å². The number of aliphatic hydroxyl groups is 1. The van der Waals surface area contributed by atoms with Crippen molar-refractivity contribution in [3.05, 3.63) is 41.7 Å². The van der Waals surface area contributed by atoms with Gasteiger partial charge in [-0.15, -0.1) is 0 Å². The average Bonchev–Trinajstić information content (AvgIpc) is 2.40. The Balaban J connectivity index is 3.18. The highest BCUT2D eigenvalue weighted by Gasteiger charge is 2.19. The minimum atomic E-state index is -0.683. The number of ether oxygens (including phenoxy) is 1. The zero-order chi connectivity index (χ0) is 15.0. The number of aliphatic hydroxyl groups excluding tert-OH is 1. The third-order valence-corrected chi connectivity index (χ3v) is 2.43. The molecular weight excluding hydrogens is 256 g/mol. The van der Waals surface area contributed by atoms with Gasteiger partial charge in [0.05, 0.1) is 30.5 Å². The molecular formula is C15H16N2O3. The molecule has 1 aromatic rings. The van der Waals surface area contributed by atoms with E-state index in [1.54, 1.807) is 32.0 Å². The Labute approximate surface area is 117 Å². The SMILES string of the molecule is CCOC(=O)/C(C(C)=Nc1ccccc1)=C(\O)CC#N. The number of para-hydroxylation sites is 1. The summed E-state index contributed by atoms with van der Waals surface area (Å²) in [4.78, 5) is 16.1. The van der Waals surface area contributed by atoms with E-state index in [0.717, 1.165) is 0 Å². The third kappa shape index (κ3) is 4.25. The van der Waals surface area contributed by atoms with Crippen LogP contribution in [0.2, 0.25) is 0 Å². The number of hydrogen-bond donors (Lipinski definition) is 1. The molecule has 0 heterocycles. The number of allylic oxidation sites excluding steroid dienone is 1. The average molecular weight is 272 g/mol. The second-order valence-electron chi connectivity index (χ2n) is 3.91. The highest BCUT2D eigenvalue weighted by atomic mass is 16.5. The number of esters is 1. The molecule has 0 aliphatic rings. The van der Waals surface area contributed by atoms with E-state index >= 15 is 0 Å². The van der Waals surface area contributed by atoms with Gasteiger partial charge in [0.2, 0.25) is 0 Å². The number of carbonyl (C=O) groups is 1. The predicted molar refractivity (Wildman–Crippen MR) is 75.7 cm³/mol. The van der Waals surface area contributed by atoms with Crippen molar-refractivity contribution in [1.82, 2.24) is 0 Å². The fourth-order valence-electron chi connectivity index (χ4n) is 1.59. The Morgan fingerprint density at radius 2 is 2.05 bits per heavy atom. The van der Waals surface area contributed by atoms with Gasteiger partial charge in [0.15, 0.2) is 0 Å². The molecule has 0 aliphatic carbocycles. The van der Waals surface area contributed by atoms with Crippen LogP contribution in [0.4, 0.5) is 5.69 Å². The molecule has 0 atom stereocenters. The van der Waals surface area contributed by atoms with Gasteiger partial charge in [-0.05, 0) is 26.0 Å². The van der Waals surface area contributed by atoms with E-state index in [4.69, 9.17) is 10.00 Å². The van der Waals surface area contributed by atoms with Crippen LogP contribution in [-0.4, -0.2) is 23.4 Å².